The summed E-state index contributed by atoms with van der Waals surface area (Å²) in [5, 5.41) is 2.86. The summed E-state index contributed by atoms with van der Waals surface area (Å²) in [5.41, 5.74) is 0.538. The van der Waals surface area contributed by atoms with E-state index in [1.54, 1.807) is 37.3 Å². The molecule has 8 heteroatoms. The number of amides is 1. The average Bonchev–Trinajstić information content (AvgIpc) is 3.11. The number of benzene rings is 2. The van der Waals surface area contributed by atoms with Crippen LogP contribution in [0.15, 0.2) is 47.4 Å². The molecule has 0 fully saturated rings. The van der Waals surface area contributed by atoms with Crippen LogP contribution in [0.1, 0.15) is 13.8 Å². The summed E-state index contributed by atoms with van der Waals surface area (Å²) in [6, 6.07) is 12.2. The van der Waals surface area contributed by atoms with E-state index in [1.807, 2.05) is 12.1 Å². The number of hydrogen-bond donors (Lipinski definition) is 1. The van der Waals surface area contributed by atoms with Crippen molar-refractivity contribution in [2.45, 2.75) is 30.1 Å². The topological polar surface area (TPSA) is 73.9 Å². The molecule has 0 aromatic heterocycles. The molecular formula is C19H18ClNO5S. The van der Waals surface area contributed by atoms with Crippen molar-refractivity contribution < 1.29 is 23.8 Å². The van der Waals surface area contributed by atoms with Gasteiger partial charge >= 0.3 is 5.97 Å². The highest BCUT2D eigenvalue weighted by Crippen LogP contribution is 2.34. The zero-order chi connectivity index (χ0) is 19.4. The number of rotatable bonds is 6. The number of carbonyl (C=O) groups is 2. The lowest BCUT2D eigenvalue weighted by molar-refractivity contribution is -0.152. The second-order valence-corrected chi connectivity index (χ2v) is 7.70. The number of hydrogen-bond acceptors (Lipinski definition) is 6. The Bertz CT molecular complexity index is 842. The fraction of sp³-hybridized carbons (Fsp3) is 0.263. The zero-order valence-corrected chi connectivity index (χ0v) is 16.3. The molecule has 0 bridgehead atoms. The molecule has 2 aromatic carbocycles. The molecule has 1 aliphatic rings. The van der Waals surface area contributed by atoms with Gasteiger partial charge in [0.2, 0.25) is 6.79 Å². The fourth-order valence-corrected chi connectivity index (χ4v) is 3.29. The normalized spacial score (nSPS) is 14.3. The minimum Gasteiger partial charge on any atom is -0.454 e. The van der Waals surface area contributed by atoms with Crippen LogP contribution in [0.5, 0.6) is 11.5 Å². The first-order valence-corrected chi connectivity index (χ1v) is 9.51. The number of esters is 1. The Morgan fingerprint density at radius 1 is 1.11 bits per heavy atom. The predicted molar refractivity (Wildman–Crippen MR) is 104 cm³/mol. The van der Waals surface area contributed by atoms with Crippen LogP contribution in [-0.4, -0.2) is 30.0 Å². The Kier molecular flexibility index (Phi) is 6.13. The zero-order valence-electron chi connectivity index (χ0n) is 14.7. The lowest BCUT2D eigenvalue weighted by atomic mass is 10.2. The Labute approximate surface area is 166 Å². The van der Waals surface area contributed by atoms with Crippen molar-refractivity contribution in [3.8, 4) is 11.5 Å². The van der Waals surface area contributed by atoms with Gasteiger partial charge in [0, 0.05) is 21.7 Å². The van der Waals surface area contributed by atoms with Crippen molar-refractivity contribution in [1.82, 2.24) is 0 Å². The summed E-state index contributed by atoms with van der Waals surface area (Å²) in [6.07, 6.45) is -0.934. The first kappa shape index (κ1) is 19.4. The molecule has 0 saturated carbocycles. The Balaban J connectivity index is 1.52. The highest BCUT2D eigenvalue weighted by atomic mass is 35.5. The van der Waals surface area contributed by atoms with Crippen LogP contribution >= 0.6 is 23.4 Å². The molecule has 27 heavy (non-hydrogen) atoms. The highest BCUT2D eigenvalue weighted by Gasteiger charge is 2.23. The van der Waals surface area contributed by atoms with Gasteiger partial charge in [0.25, 0.3) is 5.91 Å². The molecule has 0 saturated heterocycles. The molecule has 142 valence electrons. The summed E-state index contributed by atoms with van der Waals surface area (Å²) >= 11 is 7.19. The van der Waals surface area contributed by atoms with Gasteiger partial charge in [0.05, 0.1) is 0 Å². The number of anilines is 1. The summed E-state index contributed by atoms with van der Waals surface area (Å²) in [5.74, 6) is 0.292. The summed E-state index contributed by atoms with van der Waals surface area (Å²) in [6.45, 7) is 3.41. The van der Waals surface area contributed by atoms with E-state index >= 15 is 0 Å². The summed E-state index contributed by atoms with van der Waals surface area (Å²) < 4.78 is 15.8. The Morgan fingerprint density at radius 3 is 2.56 bits per heavy atom. The third-order valence-electron chi connectivity index (χ3n) is 3.76. The monoisotopic (exact) mass is 407 g/mol. The minimum atomic E-state index is -0.934. The van der Waals surface area contributed by atoms with Crippen LogP contribution < -0.4 is 14.8 Å². The Morgan fingerprint density at radius 2 is 1.81 bits per heavy atom. The molecule has 0 spiro atoms. The van der Waals surface area contributed by atoms with E-state index in [0.717, 1.165) is 4.90 Å². The van der Waals surface area contributed by atoms with Gasteiger partial charge in [-0.05, 0) is 50.2 Å². The number of nitrogens with one attached hydrogen (secondary N) is 1. The first-order chi connectivity index (χ1) is 12.9. The molecule has 0 unspecified atom stereocenters. The van der Waals surface area contributed by atoms with Gasteiger partial charge in [-0.25, -0.2) is 0 Å². The van der Waals surface area contributed by atoms with Crippen LogP contribution in [0, 0.1) is 0 Å². The summed E-state index contributed by atoms with van der Waals surface area (Å²) in [7, 11) is 0. The fourth-order valence-electron chi connectivity index (χ4n) is 2.31. The molecule has 0 aliphatic carbocycles. The van der Waals surface area contributed by atoms with Crippen molar-refractivity contribution in [3.05, 3.63) is 47.5 Å². The maximum absolute atomic E-state index is 12.3. The predicted octanol–water partition coefficient (Wildman–Crippen LogP) is 4.12. The van der Waals surface area contributed by atoms with Gasteiger partial charge in [0.1, 0.15) is 5.25 Å². The first-order valence-electron chi connectivity index (χ1n) is 8.25. The molecule has 1 heterocycles. The number of ether oxygens (including phenoxy) is 3. The van der Waals surface area contributed by atoms with Crippen LogP contribution in [0.4, 0.5) is 5.69 Å². The van der Waals surface area contributed by atoms with Gasteiger partial charge < -0.3 is 19.5 Å². The molecular weight excluding hydrogens is 390 g/mol. The van der Waals surface area contributed by atoms with Gasteiger partial charge in [0.15, 0.2) is 17.6 Å². The standard InChI is InChI=1S/C19H18ClNO5S/c1-11(18(22)21-14-5-8-16-17(9-14)25-10-24-16)26-19(23)12(2)27-15-6-3-13(20)4-7-15/h3-9,11-12H,10H2,1-2H3,(H,21,22)/t11-,12+/m0/s1. The van der Waals surface area contributed by atoms with Crippen molar-refractivity contribution >= 4 is 40.9 Å². The van der Waals surface area contributed by atoms with E-state index in [4.69, 9.17) is 25.8 Å². The SMILES string of the molecule is C[C@H](OC(=O)[C@@H](C)Sc1ccc(Cl)cc1)C(=O)Nc1ccc2c(c1)OCO2. The van der Waals surface area contributed by atoms with Crippen molar-refractivity contribution in [2.24, 2.45) is 0 Å². The quantitative estimate of drug-likeness (QED) is 0.573. The van der Waals surface area contributed by atoms with Crippen molar-refractivity contribution in [1.29, 1.82) is 0 Å². The number of fused-ring (bicyclic) bond motifs is 1. The minimum absolute atomic E-state index is 0.157. The molecule has 0 radical (unpaired) electrons. The Hall–Kier alpha value is -2.38. The van der Waals surface area contributed by atoms with E-state index in [0.29, 0.717) is 22.2 Å². The molecule has 1 aliphatic heterocycles. The van der Waals surface area contributed by atoms with Gasteiger partial charge in [-0.1, -0.05) is 11.6 Å². The number of halogens is 1. The lowest BCUT2D eigenvalue weighted by Gasteiger charge is -2.16. The van der Waals surface area contributed by atoms with Gasteiger partial charge in [-0.15, -0.1) is 11.8 Å². The van der Waals surface area contributed by atoms with E-state index < -0.39 is 23.2 Å². The van der Waals surface area contributed by atoms with Crippen LogP contribution in [0.25, 0.3) is 0 Å². The van der Waals surface area contributed by atoms with Gasteiger partial charge in [-0.2, -0.15) is 0 Å². The third-order valence-corrected chi connectivity index (χ3v) is 5.10. The number of thioether (sulfide) groups is 1. The largest absolute Gasteiger partial charge is 0.454 e. The van der Waals surface area contributed by atoms with E-state index in [9.17, 15) is 9.59 Å². The third kappa shape index (κ3) is 5.08. The van der Waals surface area contributed by atoms with E-state index in [1.165, 1.54) is 18.7 Å². The molecule has 6 nitrogen and oxygen atoms in total. The molecule has 1 amide bonds. The summed E-state index contributed by atoms with van der Waals surface area (Å²) in [4.78, 5) is 25.4. The smallest absolute Gasteiger partial charge is 0.319 e. The van der Waals surface area contributed by atoms with Crippen LogP contribution in [-0.2, 0) is 14.3 Å². The van der Waals surface area contributed by atoms with Crippen molar-refractivity contribution in [2.75, 3.05) is 12.1 Å². The second kappa shape index (κ2) is 8.54. The molecule has 3 rings (SSSR count). The highest BCUT2D eigenvalue weighted by molar-refractivity contribution is 8.00. The molecule has 2 atom stereocenters. The molecule has 2 aromatic rings. The van der Waals surface area contributed by atoms with E-state index in [-0.39, 0.29) is 6.79 Å². The van der Waals surface area contributed by atoms with Crippen LogP contribution in [0.2, 0.25) is 5.02 Å². The van der Waals surface area contributed by atoms with Crippen molar-refractivity contribution in [3.63, 3.8) is 0 Å². The second-order valence-electron chi connectivity index (χ2n) is 5.85. The lowest BCUT2D eigenvalue weighted by Crippen LogP contribution is -2.32. The number of carbonyl (C=O) groups excluding carboxylic acids is 2. The van der Waals surface area contributed by atoms with Crippen LogP contribution in [0.3, 0.4) is 0 Å². The molecule has 1 N–H and O–H groups in total. The van der Waals surface area contributed by atoms with E-state index in [2.05, 4.69) is 5.32 Å². The maximum Gasteiger partial charge on any atom is 0.319 e. The van der Waals surface area contributed by atoms with Gasteiger partial charge in [-0.3, -0.25) is 9.59 Å². The average molecular weight is 408 g/mol. The maximum atomic E-state index is 12.3.